The van der Waals surface area contributed by atoms with Gasteiger partial charge in [0.25, 0.3) is 5.91 Å². The molecule has 3 rings (SSSR count). The summed E-state index contributed by atoms with van der Waals surface area (Å²) in [6.45, 7) is 3.09. The van der Waals surface area contributed by atoms with Crippen LogP contribution in [0.25, 0.3) is 11.0 Å². The van der Waals surface area contributed by atoms with Crippen molar-refractivity contribution in [1.82, 2.24) is 14.5 Å². The highest BCUT2D eigenvalue weighted by Gasteiger charge is 2.11. The highest BCUT2D eigenvalue weighted by Crippen LogP contribution is 2.12. The molecule has 1 aromatic heterocycles. The third-order valence-electron chi connectivity index (χ3n) is 4.92. The second-order valence-electron chi connectivity index (χ2n) is 7.16. The number of hydrogen-bond donors (Lipinski definition) is 1. The van der Waals surface area contributed by atoms with Crippen LogP contribution in [0.4, 0.5) is 0 Å². The molecule has 0 aliphatic rings. The van der Waals surface area contributed by atoms with Crippen LogP contribution in [0.1, 0.15) is 35.7 Å². The van der Waals surface area contributed by atoms with Crippen LogP contribution in [-0.2, 0) is 13.6 Å². The number of nitrogens with one attached hydrogen (secondary N) is 1. The number of hydrogen-bond acceptors (Lipinski definition) is 4. The molecule has 158 valence electrons. The van der Waals surface area contributed by atoms with Gasteiger partial charge < -0.3 is 9.88 Å². The second kappa shape index (κ2) is 10.3. The minimum atomic E-state index is -0.557. The largest absolute Gasteiger partial charge is 0.352 e. The Hall–Kier alpha value is -2.80. The Morgan fingerprint density at radius 2 is 1.67 bits per heavy atom. The van der Waals surface area contributed by atoms with E-state index in [2.05, 4.69) is 12.2 Å². The lowest BCUT2D eigenvalue weighted by Crippen LogP contribution is -2.40. The van der Waals surface area contributed by atoms with Crippen molar-refractivity contribution in [3.63, 3.8) is 0 Å². The average molecular weight is 426 g/mol. The molecular formula is C23H27N3O3S. The van der Waals surface area contributed by atoms with E-state index < -0.39 is 11.1 Å². The molecule has 0 unspecified atom stereocenters. The number of rotatable bonds is 9. The summed E-state index contributed by atoms with van der Waals surface area (Å²) < 4.78 is 2.86. The van der Waals surface area contributed by atoms with Crippen molar-refractivity contribution in [2.45, 2.75) is 26.3 Å². The predicted molar refractivity (Wildman–Crippen MR) is 124 cm³/mol. The minimum Gasteiger partial charge on any atom is -0.352 e. The lowest BCUT2D eigenvalue weighted by molar-refractivity contribution is 0.0954. The van der Waals surface area contributed by atoms with Crippen LogP contribution >= 0.6 is 11.8 Å². The number of thioether (sulfide) groups is 1. The first-order valence-electron chi connectivity index (χ1n) is 10.2. The third kappa shape index (κ3) is 5.02. The Labute approximate surface area is 179 Å². The predicted octanol–water partition coefficient (Wildman–Crippen LogP) is 3.01. The van der Waals surface area contributed by atoms with E-state index in [-0.39, 0.29) is 12.5 Å². The summed E-state index contributed by atoms with van der Waals surface area (Å²) in [5.41, 5.74) is 1.73. The first-order chi connectivity index (χ1) is 14.5. The lowest BCUT2D eigenvalue weighted by atomic mass is 10.1. The van der Waals surface area contributed by atoms with E-state index in [1.807, 2.05) is 48.2 Å². The standard InChI is InChI=1S/C23H27N3O3S/c1-3-14-30-15-6-13-24-21(27)18-11-9-17(10-12-18)16-26-20-8-5-4-7-19(20)25(2)22(28)23(26)29/h4-5,7-12H,3,6,13-16H2,1-2H3,(H,24,27). The minimum absolute atomic E-state index is 0.0989. The third-order valence-corrected chi connectivity index (χ3v) is 6.20. The number of aryl methyl sites for hydroxylation is 1. The number of amides is 1. The molecule has 0 radical (unpaired) electrons. The first kappa shape index (κ1) is 21.9. The van der Waals surface area contributed by atoms with Crippen molar-refractivity contribution in [2.75, 3.05) is 18.1 Å². The topological polar surface area (TPSA) is 73.1 Å². The van der Waals surface area contributed by atoms with Gasteiger partial charge in [-0.2, -0.15) is 11.8 Å². The van der Waals surface area contributed by atoms with E-state index in [1.165, 1.54) is 15.6 Å². The number of para-hydroxylation sites is 2. The number of carbonyl (C=O) groups is 1. The summed E-state index contributed by atoms with van der Waals surface area (Å²) in [6.07, 6.45) is 2.12. The van der Waals surface area contributed by atoms with Crippen molar-refractivity contribution in [2.24, 2.45) is 7.05 Å². The molecule has 0 saturated carbocycles. The van der Waals surface area contributed by atoms with Gasteiger partial charge in [0.1, 0.15) is 0 Å². The van der Waals surface area contributed by atoms with E-state index in [9.17, 15) is 14.4 Å². The maximum absolute atomic E-state index is 12.6. The van der Waals surface area contributed by atoms with Crippen molar-refractivity contribution in [1.29, 1.82) is 0 Å². The van der Waals surface area contributed by atoms with Gasteiger partial charge in [-0.25, -0.2) is 0 Å². The summed E-state index contributed by atoms with van der Waals surface area (Å²) in [5, 5.41) is 2.94. The molecule has 30 heavy (non-hydrogen) atoms. The molecule has 0 saturated heterocycles. The highest BCUT2D eigenvalue weighted by molar-refractivity contribution is 7.99. The molecule has 0 aliphatic carbocycles. The first-order valence-corrected chi connectivity index (χ1v) is 11.3. The summed E-state index contributed by atoms with van der Waals surface area (Å²) in [5.74, 6) is 2.10. The normalized spacial score (nSPS) is 11.0. The molecule has 0 bridgehead atoms. The summed E-state index contributed by atoms with van der Waals surface area (Å²) in [4.78, 5) is 37.2. The maximum Gasteiger partial charge on any atom is 0.317 e. The van der Waals surface area contributed by atoms with Crippen LogP contribution in [0.2, 0.25) is 0 Å². The molecule has 7 heteroatoms. The fraction of sp³-hybridized carbons (Fsp3) is 0.348. The molecule has 3 aromatic rings. The van der Waals surface area contributed by atoms with Crippen LogP contribution < -0.4 is 16.4 Å². The Morgan fingerprint density at radius 1 is 0.967 bits per heavy atom. The smallest absolute Gasteiger partial charge is 0.317 e. The second-order valence-corrected chi connectivity index (χ2v) is 8.39. The molecule has 2 aromatic carbocycles. The zero-order chi connectivity index (χ0) is 21.5. The number of benzene rings is 2. The molecule has 6 nitrogen and oxygen atoms in total. The van der Waals surface area contributed by atoms with E-state index in [4.69, 9.17) is 0 Å². The van der Waals surface area contributed by atoms with Crippen LogP contribution in [0.15, 0.2) is 58.1 Å². The Morgan fingerprint density at radius 3 is 2.37 bits per heavy atom. The van der Waals surface area contributed by atoms with E-state index in [0.717, 1.165) is 23.5 Å². The zero-order valence-corrected chi connectivity index (χ0v) is 18.2. The summed E-state index contributed by atoms with van der Waals surface area (Å²) in [7, 11) is 1.60. The van der Waals surface area contributed by atoms with E-state index >= 15 is 0 Å². The monoisotopic (exact) mass is 425 g/mol. The quantitative estimate of drug-likeness (QED) is 0.423. The van der Waals surface area contributed by atoms with Gasteiger partial charge in [-0.05, 0) is 54.2 Å². The molecule has 1 heterocycles. The molecule has 0 spiro atoms. The summed E-state index contributed by atoms with van der Waals surface area (Å²) in [6, 6.07) is 14.5. The number of fused-ring (bicyclic) bond motifs is 1. The van der Waals surface area contributed by atoms with Crippen LogP contribution in [-0.4, -0.2) is 33.1 Å². The Bertz CT molecular complexity index is 1130. The lowest BCUT2D eigenvalue weighted by Gasteiger charge is -2.13. The molecular weight excluding hydrogens is 398 g/mol. The number of nitrogens with zero attached hydrogens (tertiary/aromatic N) is 2. The number of aromatic nitrogens is 2. The van der Waals surface area contributed by atoms with Gasteiger partial charge >= 0.3 is 11.1 Å². The van der Waals surface area contributed by atoms with Gasteiger partial charge in [0.05, 0.1) is 17.6 Å². The van der Waals surface area contributed by atoms with Crippen LogP contribution in [0, 0.1) is 0 Å². The SMILES string of the molecule is CCCSCCCNC(=O)c1ccc(Cn2c(=O)c(=O)n(C)c3ccccc32)cc1. The van der Waals surface area contributed by atoms with Crippen LogP contribution in [0.5, 0.6) is 0 Å². The van der Waals surface area contributed by atoms with Gasteiger partial charge in [-0.15, -0.1) is 0 Å². The molecule has 0 fully saturated rings. The maximum atomic E-state index is 12.6. The molecule has 1 amide bonds. The van der Waals surface area contributed by atoms with Gasteiger partial charge in [0.2, 0.25) is 0 Å². The van der Waals surface area contributed by atoms with Gasteiger partial charge in [-0.3, -0.25) is 19.0 Å². The van der Waals surface area contributed by atoms with E-state index in [1.54, 1.807) is 19.2 Å². The molecule has 0 atom stereocenters. The Balaban J connectivity index is 1.70. The fourth-order valence-corrected chi connectivity index (χ4v) is 4.12. The van der Waals surface area contributed by atoms with Crippen molar-refractivity contribution in [3.05, 3.63) is 80.4 Å². The van der Waals surface area contributed by atoms with Crippen LogP contribution in [0.3, 0.4) is 0 Å². The van der Waals surface area contributed by atoms with Gasteiger partial charge in [0.15, 0.2) is 0 Å². The zero-order valence-electron chi connectivity index (χ0n) is 17.4. The van der Waals surface area contributed by atoms with Gasteiger partial charge in [0, 0.05) is 19.2 Å². The van der Waals surface area contributed by atoms with E-state index in [0.29, 0.717) is 23.1 Å². The van der Waals surface area contributed by atoms with Gasteiger partial charge in [-0.1, -0.05) is 31.2 Å². The highest BCUT2D eigenvalue weighted by atomic mass is 32.2. The van der Waals surface area contributed by atoms with Crippen molar-refractivity contribution < 1.29 is 4.79 Å². The van der Waals surface area contributed by atoms with Crippen molar-refractivity contribution >= 4 is 28.7 Å². The fourth-order valence-electron chi connectivity index (χ4n) is 3.28. The molecule has 0 aliphatic heterocycles. The molecule has 1 N–H and O–H groups in total. The Kier molecular flexibility index (Phi) is 7.52. The van der Waals surface area contributed by atoms with Crippen molar-refractivity contribution in [3.8, 4) is 0 Å². The average Bonchev–Trinajstić information content (AvgIpc) is 2.78. The number of carbonyl (C=O) groups excluding carboxylic acids is 1. The summed E-state index contributed by atoms with van der Waals surface area (Å²) >= 11 is 1.90.